The summed E-state index contributed by atoms with van der Waals surface area (Å²) in [6.45, 7) is 7.42. The lowest BCUT2D eigenvalue weighted by Gasteiger charge is -2.47. The van der Waals surface area contributed by atoms with Crippen molar-refractivity contribution in [2.75, 3.05) is 0 Å². The maximum Gasteiger partial charge on any atom is 0.405 e. The van der Waals surface area contributed by atoms with E-state index in [1.54, 1.807) is 26.8 Å². The molecule has 0 spiro atoms. The van der Waals surface area contributed by atoms with Gasteiger partial charge in [-0.25, -0.2) is 4.79 Å². The van der Waals surface area contributed by atoms with Crippen molar-refractivity contribution >= 4 is 12.0 Å². The van der Waals surface area contributed by atoms with Crippen LogP contribution in [0.25, 0.3) is 0 Å². The number of hydrogen-bond acceptors (Lipinski definition) is 5. The molecule has 4 N–H and O–H groups in total. The highest BCUT2D eigenvalue weighted by Gasteiger charge is 2.51. The van der Waals surface area contributed by atoms with E-state index in [0.29, 0.717) is 18.6 Å². The first-order chi connectivity index (χ1) is 11.1. The average Bonchev–Trinajstić information content (AvgIpc) is 3.00. The summed E-state index contributed by atoms with van der Waals surface area (Å²) in [6, 6.07) is 1.59. The molecule has 1 aromatic rings. The monoisotopic (exact) mass is 341 g/mol. The second kappa shape index (κ2) is 8.14. The minimum atomic E-state index is -1.54. The van der Waals surface area contributed by atoms with Crippen LogP contribution in [0.3, 0.4) is 0 Å². The molecule has 0 aliphatic carbocycles. The molecule has 2 amide bonds. The number of amides is 2. The average molecular weight is 341 g/mol. The highest BCUT2D eigenvalue weighted by molar-refractivity contribution is 5.83. The Morgan fingerprint density at radius 1 is 1.38 bits per heavy atom. The number of unbranched alkanes of at least 4 members (excludes halogenated alkanes) is 1. The third-order valence-corrected chi connectivity index (χ3v) is 4.24. The smallest absolute Gasteiger partial charge is 0.405 e. The Kier molecular flexibility index (Phi) is 6.77. The van der Waals surface area contributed by atoms with Crippen molar-refractivity contribution < 1.29 is 24.3 Å². The number of hydrogen-bond donors (Lipinski definition) is 4. The van der Waals surface area contributed by atoms with Gasteiger partial charge in [0, 0.05) is 6.07 Å². The molecule has 24 heavy (non-hydrogen) atoms. The van der Waals surface area contributed by atoms with Crippen LogP contribution in [-0.4, -0.2) is 39.0 Å². The van der Waals surface area contributed by atoms with Gasteiger partial charge in [0.15, 0.2) is 11.9 Å². The van der Waals surface area contributed by atoms with Crippen LogP contribution in [0.5, 0.6) is 0 Å². The van der Waals surface area contributed by atoms with Gasteiger partial charge in [0.25, 0.3) is 5.91 Å². The number of carboxylic acid groups (broad SMARTS) is 1. The van der Waals surface area contributed by atoms with E-state index >= 15 is 0 Å². The van der Waals surface area contributed by atoms with Gasteiger partial charge in [0.05, 0.1) is 18.3 Å². The standard InChI is InChI=1S/C16H27N3O5/c1-5-6-8-16(15(2,3)4,19-14(22)23)12(20)13(21)17-10-11-7-9-18-24-11/h7,9,12,19-20H,5-6,8,10H2,1-4H3,(H,17,21)(H,22,23)/t12-,16?/m0/s1. The first kappa shape index (κ1) is 20.0. The van der Waals surface area contributed by atoms with Crippen LogP contribution in [0.1, 0.15) is 52.7 Å². The van der Waals surface area contributed by atoms with E-state index in [2.05, 4.69) is 15.8 Å². The minimum Gasteiger partial charge on any atom is -0.465 e. The summed E-state index contributed by atoms with van der Waals surface area (Å²) < 4.78 is 4.89. The predicted molar refractivity (Wildman–Crippen MR) is 87.2 cm³/mol. The molecule has 0 aromatic carbocycles. The third kappa shape index (κ3) is 4.70. The molecule has 0 fully saturated rings. The third-order valence-electron chi connectivity index (χ3n) is 4.24. The number of aliphatic hydroxyl groups excluding tert-OH is 1. The molecule has 8 heteroatoms. The van der Waals surface area contributed by atoms with E-state index in [1.165, 1.54) is 6.20 Å². The Morgan fingerprint density at radius 2 is 2.04 bits per heavy atom. The van der Waals surface area contributed by atoms with Crippen molar-refractivity contribution in [3.63, 3.8) is 0 Å². The van der Waals surface area contributed by atoms with Gasteiger partial charge >= 0.3 is 6.09 Å². The number of aromatic nitrogens is 1. The predicted octanol–water partition coefficient (Wildman–Crippen LogP) is 1.89. The minimum absolute atomic E-state index is 0.0664. The van der Waals surface area contributed by atoms with E-state index in [0.717, 1.165) is 6.42 Å². The van der Waals surface area contributed by atoms with Gasteiger partial charge in [-0.15, -0.1) is 0 Å². The normalized spacial score (nSPS) is 15.4. The number of rotatable bonds is 8. The number of carbonyl (C=O) groups is 2. The Bertz CT molecular complexity index is 538. The highest BCUT2D eigenvalue weighted by Crippen LogP contribution is 2.38. The second-order valence-electron chi connectivity index (χ2n) is 6.85. The van der Waals surface area contributed by atoms with Crippen LogP contribution in [-0.2, 0) is 11.3 Å². The highest BCUT2D eigenvalue weighted by atomic mass is 16.5. The van der Waals surface area contributed by atoms with Crippen molar-refractivity contribution in [3.8, 4) is 0 Å². The van der Waals surface area contributed by atoms with Crippen LogP contribution in [0.15, 0.2) is 16.8 Å². The summed E-state index contributed by atoms with van der Waals surface area (Å²) in [5.41, 5.74) is -1.98. The van der Waals surface area contributed by atoms with Gasteiger partial charge in [-0.05, 0) is 11.8 Å². The number of nitrogens with one attached hydrogen (secondary N) is 2. The molecule has 136 valence electrons. The van der Waals surface area contributed by atoms with Crippen molar-refractivity contribution in [1.29, 1.82) is 0 Å². The zero-order valence-corrected chi connectivity index (χ0v) is 14.6. The molecule has 0 bridgehead atoms. The van der Waals surface area contributed by atoms with E-state index < -0.39 is 29.1 Å². The van der Waals surface area contributed by atoms with Gasteiger partial charge in [0.1, 0.15) is 0 Å². The summed E-state index contributed by atoms with van der Waals surface area (Å²) in [4.78, 5) is 23.7. The maximum absolute atomic E-state index is 12.4. The molecular formula is C16H27N3O5. The zero-order valence-electron chi connectivity index (χ0n) is 14.6. The van der Waals surface area contributed by atoms with Gasteiger partial charge in [-0.1, -0.05) is 45.7 Å². The molecule has 0 saturated carbocycles. The van der Waals surface area contributed by atoms with Crippen LogP contribution < -0.4 is 10.6 Å². The van der Waals surface area contributed by atoms with E-state index in [4.69, 9.17) is 4.52 Å². The fraction of sp³-hybridized carbons (Fsp3) is 0.688. The first-order valence-electron chi connectivity index (χ1n) is 8.00. The van der Waals surface area contributed by atoms with Crippen molar-refractivity contribution in [3.05, 3.63) is 18.0 Å². The van der Waals surface area contributed by atoms with Crippen molar-refractivity contribution in [2.24, 2.45) is 5.41 Å². The van der Waals surface area contributed by atoms with E-state index in [1.807, 2.05) is 6.92 Å². The molecule has 8 nitrogen and oxygen atoms in total. The molecule has 1 heterocycles. The molecule has 1 unspecified atom stereocenters. The van der Waals surface area contributed by atoms with Gasteiger partial charge in [0.2, 0.25) is 0 Å². The SMILES string of the molecule is CCCCC(NC(=O)O)([C@@H](O)C(=O)NCc1ccno1)C(C)(C)C. The largest absolute Gasteiger partial charge is 0.465 e. The zero-order chi connectivity index (χ0) is 18.4. The molecule has 2 atom stereocenters. The Balaban J connectivity index is 3.00. The lowest BCUT2D eigenvalue weighted by atomic mass is 9.67. The van der Waals surface area contributed by atoms with Crippen molar-refractivity contribution in [1.82, 2.24) is 15.8 Å². The van der Waals surface area contributed by atoms with E-state index in [-0.39, 0.29) is 6.54 Å². The Morgan fingerprint density at radius 3 is 2.50 bits per heavy atom. The van der Waals surface area contributed by atoms with Crippen LogP contribution in [0, 0.1) is 5.41 Å². The molecule has 0 aliphatic heterocycles. The molecular weight excluding hydrogens is 314 g/mol. The number of nitrogens with zero attached hydrogens (tertiary/aromatic N) is 1. The second-order valence-corrected chi connectivity index (χ2v) is 6.85. The summed E-state index contributed by atoms with van der Waals surface area (Å²) in [6.07, 6.45) is 0.460. The lowest BCUT2D eigenvalue weighted by molar-refractivity contribution is -0.138. The molecule has 0 saturated heterocycles. The lowest BCUT2D eigenvalue weighted by Crippen LogP contribution is -2.67. The molecule has 1 rings (SSSR count). The summed E-state index contributed by atoms with van der Waals surface area (Å²) in [7, 11) is 0. The molecule has 1 aromatic heterocycles. The fourth-order valence-corrected chi connectivity index (χ4v) is 2.71. The summed E-state index contributed by atoms with van der Waals surface area (Å²) in [5.74, 6) is -0.220. The number of carbonyl (C=O) groups excluding carboxylic acids is 1. The van der Waals surface area contributed by atoms with Crippen LogP contribution >= 0.6 is 0 Å². The molecule has 0 radical (unpaired) electrons. The van der Waals surface area contributed by atoms with Gasteiger partial charge < -0.3 is 25.4 Å². The Labute approximate surface area is 141 Å². The van der Waals surface area contributed by atoms with E-state index in [9.17, 15) is 19.8 Å². The fourth-order valence-electron chi connectivity index (χ4n) is 2.71. The van der Waals surface area contributed by atoms with Crippen molar-refractivity contribution in [2.45, 2.75) is 65.1 Å². The van der Waals surface area contributed by atoms with Gasteiger partial charge in [-0.2, -0.15) is 0 Å². The first-order valence-corrected chi connectivity index (χ1v) is 8.00. The summed E-state index contributed by atoms with van der Waals surface area (Å²) >= 11 is 0. The maximum atomic E-state index is 12.4. The quantitative estimate of drug-likeness (QED) is 0.572. The van der Waals surface area contributed by atoms with Crippen LogP contribution in [0.4, 0.5) is 4.79 Å². The van der Waals surface area contributed by atoms with Gasteiger partial charge in [-0.3, -0.25) is 4.79 Å². The van der Waals surface area contributed by atoms with Crippen LogP contribution in [0.2, 0.25) is 0 Å². The Hall–Kier alpha value is -2.09. The topological polar surface area (TPSA) is 125 Å². The summed E-state index contributed by atoms with van der Waals surface area (Å²) in [5, 5.41) is 28.4. The number of aliphatic hydroxyl groups is 1. The molecule has 0 aliphatic rings.